The van der Waals surface area contributed by atoms with Gasteiger partial charge in [-0.15, -0.1) is 33.3 Å². The van der Waals surface area contributed by atoms with Crippen LogP contribution in [0.3, 0.4) is 0 Å². The minimum absolute atomic E-state index is 0.0257. The number of anilines is 1. The molecule has 17 nitrogen and oxygen atoms in total. The van der Waals surface area contributed by atoms with Crippen LogP contribution in [-0.4, -0.2) is 101 Å². The molecule has 3 unspecified atom stereocenters. The van der Waals surface area contributed by atoms with Gasteiger partial charge in [0, 0.05) is 23.4 Å². The van der Waals surface area contributed by atoms with Crippen LogP contribution in [0, 0.1) is 5.41 Å². The number of nitrogens with zero attached hydrogens (tertiary/aromatic N) is 5. The molecule has 2 fully saturated rings. The number of rotatable bonds is 10. The molecule has 0 bridgehead atoms. The minimum Gasteiger partial charge on any atom is -0.504 e. The normalized spacial score (nSPS) is 21.4. The van der Waals surface area contributed by atoms with Gasteiger partial charge in [0.25, 0.3) is 0 Å². The van der Waals surface area contributed by atoms with Gasteiger partial charge in [-0.2, -0.15) is 5.10 Å². The first-order chi connectivity index (χ1) is 21.5. The molecule has 4 atom stereocenters. The monoisotopic (exact) mass is 693 g/mol. The number of carboxylic acids is 1. The molecule has 21 heteroatoms. The van der Waals surface area contributed by atoms with E-state index in [9.17, 15) is 39.3 Å². The Balaban J connectivity index is 1.21. The first kappa shape index (κ1) is 31.9. The number of aromatic nitrogens is 3. The van der Waals surface area contributed by atoms with Gasteiger partial charge in [-0.3, -0.25) is 24.0 Å². The zero-order valence-corrected chi connectivity index (χ0v) is 25.9. The molecule has 2 aliphatic heterocycles. The molecule has 0 aliphatic carbocycles. The minimum atomic E-state index is -1.51. The molecular weight excluding hydrogens is 671 g/mol. The number of thiazole rings is 1. The molecule has 2 aliphatic rings. The Kier molecular flexibility index (Phi) is 9.41. The Bertz CT molecular complexity index is 1670. The molecule has 1 aromatic carbocycles. The molecule has 4 amide bonds. The summed E-state index contributed by atoms with van der Waals surface area (Å²) in [6, 6.07) is 1.25. The Morgan fingerprint density at radius 2 is 2.02 bits per heavy atom. The number of amides is 4. The fourth-order valence-corrected chi connectivity index (χ4v) is 8.25. The van der Waals surface area contributed by atoms with Crippen LogP contribution in [-0.2, 0) is 24.0 Å². The van der Waals surface area contributed by atoms with E-state index >= 15 is 0 Å². The van der Waals surface area contributed by atoms with Gasteiger partial charge >= 0.3 is 17.8 Å². The van der Waals surface area contributed by atoms with E-state index in [1.54, 1.807) is 0 Å². The zero-order valence-electron chi connectivity index (χ0n) is 22.6. The van der Waals surface area contributed by atoms with Gasteiger partial charge in [-0.1, -0.05) is 23.1 Å². The largest absolute Gasteiger partial charge is 0.504 e. The van der Waals surface area contributed by atoms with Gasteiger partial charge in [-0.05, 0) is 23.8 Å². The van der Waals surface area contributed by atoms with Gasteiger partial charge in [0.05, 0.1) is 11.9 Å². The van der Waals surface area contributed by atoms with Crippen molar-refractivity contribution in [3.05, 3.63) is 40.3 Å². The van der Waals surface area contributed by atoms with E-state index in [0.717, 1.165) is 17.6 Å². The first-order valence-electron chi connectivity index (χ1n) is 12.7. The van der Waals surface area contributed by atoms with Crippen LogP contribution in [0.4, 0.5) is 5.13 Å². The highest BCUT2D eigenvalue weighted by atomic mass is 32.2. The van der Waals surface area contributed by atoms with E-state index in [4.69, 9.17) is 5.73 Å². The van der Waals surface area contributed by atoms with Crippen molar-refractivity contribution in [1.29, 1.82) is 0 Å². The highest BCUT2D eigenvalue weighted by Crippen LogP contribution is 2.44. The number of hydrogen-bond donors (Lipinski definition) is 7. The molecular formula is C24H23N9O8S4. The number of fused-ring (bicyclic) bond motifs is 1. The van der Waals surface area contributed by atoms with Crippen LogP contribution in [0.5, 0.6) is 11.5 Å². The summed E-state index contributed by atoms with van der Waals surface area (Å²) in [6.45, 7) is -0.0652. The van der Waals surface area contributed by atoms with E-state index in [-0.39, 0.29) is 34.6 Å². The molecule has 3 aromatic rings. The second kappa shape index (κ2) is 13.3. The van der Waals surface area contributed by atoms with Crippen LogP contribution in [0.1, 0.15) is 17.3 Å². The summed E-state index contributed by atoms with van der Waals surface area (Å²) in [7, 11) is 0. The smallest absolute Gasteiger partial charge is 0.329 e. The number of nitrogen functional groups attached to an aromatic ring is 1. The number of nitrogens with one attached hydrogen (secondary N) is 3. The Morgan fingerprint density at radius 1 is 1.22 bits per heavy atom. The van der Waals surface area contributed by atoms with E-state index in [1.165, 1.54) is 68.9 Å². The molecule has 8 N–H and O–H groups in total. The third kappa shape index (κ3) is 6.95. The number of phenols is 2. The summed E-state index contributed by atoms with van der Waals surface area (Å²) < 4.78 is 0.608. The lowest BCUT2D eigenvalue weighted by molar-refractivity contribution is -0.158. The third-order valence-electron chi connectivity index (χ3n) is 6.67. The van der Waals surface area contributed by atoms with Gasteiger partial charge in [-0.25, -0.2) is 10.4 Å². The van der Waals surface area contributed by atoms with Crippen LogP contribution >= 0.6 is 46.2 Å². The lowest BCUT2D eigenvalue weighted by atomic mass is 9.89. The number of carbonyl (C=O) groups is 5. The maximum absolute atomic E-state index is 13.4. The number of carbonyl (C=O) groups excluding carboxylic acids is 4. The number of hydrazone groups is 1. The quantitative estimate of drug-likeness (QED) is 0.0355. The number of benzene rings is 1. The Morgan fingerprint density at radius 3 is 2.69 bits per heavy atom. The average molecular weight is 694 g/mol. The highest BCUT2D eigenvalue weighted by molar-refractivity contribution is 8.01. The molecule has 0 saturated carbocycles. The molecule has 2 saturated heterocycles. The summed E-state index contributed by atoms with van der Waals surface area (Å²) >= 11 is 4.73. The summed E-state index contributed by atoms with van der Waals surface area (Å²) in [5, 5.41) is 46.1. The number of thioether (sulfide) groups is 2. The van der Waals surface area contributed by atoms with Crippen LogP contribution in [0.2, 0.25) is 0 Å². The van der Waals surface area contributed by atoms with Crippen molar-refractivity contribution >= 4 is 87.1 Å². The van der Waals surface area contributed by atoms with E-state index in [1.807, 2.05) is 5.43 Å². The van der Waals surface area contributed by atoms with E-state index < -0.39 is 58.2 Å². The third-order valence-corrected chi connectivity index (χ3v) is 11.1. The molecule has 45 heavy (non-hydrogen) atoms. The fourth-order valence-electron chi connectivity index (χ4n) is 4.31. The van der Waals surface area contributed by atoms with Crippen molar-refractivity contribution in [1.82, 2.24) is 36.1 Å². The lowest BCUT2D eigenvalue weighted by Crippen LogP contribution is -2.74. The number of aliphatic carboxylic acids is 1. The summed E-state index contributed by atoms with van der Waals surface area (Å²) in [4.78, 5) is 69.2. The topological polar surface area (TPSA) is 262 Å². The maximum Gasteiger partial charge on any atom is 0.329 e. The van der Waals surface area contributed by atoms with Gasteiger partial charge in [0.1, 0.15) is 22.3 Å². The van der Waals surface area contributed by atoms with Gasteiger partial charge in [0.15, 0.2) is 27.0 Å². The fraction of sp³-hybridized carbons (Fsp3) is 0.292. The number of phenolic OH excluding ortho intramolecular Hbond substituents is 2. The van der Waals surface area contributed by atoms with Crippen molar-refractivity contribution in [2.75, 3.05) is 23.8 Å². The van der Waals surface area contributed by atoms with Gasteiger partial charge < -0.3 is 36.6 Å². The summed E-state index contributed by atoms with van der Waals surface area (Å²) in [5.41, 5.74) is 8.33. The Labute approximate surface area is 269 Å². The van der Waals surface area contributed by atoms with Crippen molar-refractivity contribution < 1.29 is 39.3 Å². The molecule has 0 radical (unpaired) electrons. The lowest BCUT2D eigenvalue weighted by Gasteiger charge is -2.53. The standard InChI is InChI=1S/C24H23N9O8S4/c25-22-28-11(5-42-22)14(29-17(37)18(38)31-26-4-10-1-2-12(34)13(35)3-10)16(36)30-15-19(39)33-6-24(21(40)41,7-43-20(15)33)8-44-23-32-27-9-45-23/h1-5,9,14-15,20,34-35H,6-8H2,(H2,25,28)(H,29,37)(H,30,36)(H,31,38)(H,40,41)/t14?,15?,20-,24?/m1/s1. The number of nitrogens with two attached hydrogens (primary N) is 1. The molecule has 0 spiro atoms. The van der Waals surface area contributed by atoms with Crippen LogP contribution in [0.25, 0.3) is 0 Å². The zero-order chi connectivity index (χ0) is 32.3. The number of carboxylic acid groups (broad SMARTS) is 1. The van der Waals surface area contributed by atoms with Crippen molar-refractivity contribution in [3.63, 3.8) is 0 Å². The highest BCUT2D eigenvalue weighted by Gasteiger charge is 2.57. The van der Waals surface area contributed by atoms with Gasteiger partial charge in [0.2, 0.25) is 11.8 Å². The SMILES string of the molecule is Nc1nc(C(NC(=O)C(=O)NN=Cc2ccc(O)c(O)c2)C(=O)NC2C(=O)N3CC(CSc4nncs4)(C(=O)O)CS[C@H]23)cs1. The second-order valence-electron chi connectivity index (χ2n) is 9.70. The average Bonchev–Trinajstić information content (AvgIpc) is 3.70. The first-order valence-corrected chi connectivity index (χ1v) is 16.5. The second-order valence-corrected chi connectivity index (χ2v) is 13.7. The molecule has 236 valence electrons. The predicted molar refractivity (Wildman–Crippen MR) is 164 cm³/mol. The molecule has 5 rings (SSSR count). The predicted octanol–water partition coefficient (Wildman–Crippen LogP) is -0.441. The van der Waals surface area contributed by atoms with E-state index in [0.29, 0.717) is 9.90 Å². The van der Waals surface area contributed by atoms with Crippen LogP contribution in [0.15, 0.2) is 38.5 Å². The molecule has 2 aromatic heterocycles. The van der Waals surface area contributed by atoms with Crippen molar-refractivity contribution in [2.45, 2.75) is 21.8 Å². The summed E-state index contributed by atoms with van der Waals surface area (Å²) in [5.74, 6) is -5.31. The number of β-lactam (4-membered cyclic amide) rings is 1. The maximum atomic E-state index is 13.4. The van der Waals surface area contributed by atoms with Crippen molar-refractivity contribution in [2.24, 2.45) is 10.5 Å². The van der Waals surface area contributed by atoms with Crippen molar-refractivity contribution in [3.8, 4) is 11.5 Å². The molecule has 4 heterocycles. The number of hydrogen-bond acceptors (Lipinski definition) is 16. The number of aromatic hydroxyl groups is 2. The Hall–Kier alpha value is -4.47. The van der Waals surface area contributed by atoms with Crippen LogP contribution < -0.4 is 21.8 Å². The van der Waals surface area contributed by atoms with E-state index in [2.05, 4.69) is 30.9 Å². The summed E-state index contributed by atoms with van der Waals surface area (Å²) in [6.07, 6.45) is 1.11.